The van der Waals surface area contributed by atoms with Gasteiger partial charge in [-0.2, -0.15) is 4.98 Å². The first-order valence-corrected chi connectivity index (χ1v) is 6.65. The van der Waals surface area contributed by atoms with Crippen LogP contribution in [-0.2, 0) is 0 Å². The molecular formula is C12H19ClN4O. The van der Waals surface area contributed by atoms with Crippen LogP contribution in [0.5, 0.6) is 0 Å². The number of aromatic nitrogens is 2. The van der Waals surface area contributed by atoms with Crippen LogP contribution < -0.4 is 11.1 Å². The molecule has 1 fully saturated rings. The van der Waals surface area contributed by atoms with Crippen LogP contribution in [0.3, 0.4) is 0 Å². The number of hydrogen-bond donors (Lipinski definition) is 3. The molecule has 4 N–H and O–H groups in total. The Bertz CT molecular complexity index is 419. The Balaban J connectivity index is 1.94. The van der Waals surface area contributed by atoms with Crippen LogP contribution in [0.4, 0.5) is 11.5 Å². The van der Waals surface area contributed by atoms with E-state index in [1.165, 1.54) is 0 Å². The zero-order valence-corrected chi connectivity index (χ0v) is 11.2. The van der Waals surface area contributed by atoms with Gasteiger partial charge in [0.15, 0.2) is 5.82 Å². The summed E-state index contributed by atoms with van der Waals surface area (Å²) < 4.78 is 0. The lowest BCUT2D eigenvalue weighted by molar-refractivity contribution is 0.111. The van der Waals surface area contributed by atoms with E-state index in [1.54, 1.807) is 0 Å². The molecule has 5 nitrogen and oxygen atoms in total. The normalized spacial score (nSPS) is 23.9. The molecule has 6 heteroatoms. The predicted molar refractivity (Wildman–Crippen MR) is 72.6 cm³/mol. The molecule has 18 heavy (non-hydrogen) atoms. The van der Waals surface area contributed by atoms with Crippen LogP contribution in [0.15, 0.2) is 0 Å². The minimum atomic E-state index is -0.123. The Kier molecular flexibility index (Phi) is 4.24. The first kappa shape index (κ1) is 13.4. The highest BCUT2D eigenvalue weighted by atomic mass is 35.5. The van der Waals surface area contributed by atoms with Crippen LogP contribution in [0.25, 0.3) is 0 Å². The smallest absolute Gasteiger partial charge is 0.224 e. The number of aliphatic hydroxyl groups is 1. The van der Waals surface area contributed by atoms with Gasteiger partial charge in [0, 0.05) is 6.54 Å². The topological polar surface area (TPSA) is 84.1 Å². The van der Waals surface area contributed by atoms with E-state index < -0.39 is 0 Å². The van der Waals surface area contributed by atoms with Crippen molar-refractivity contribution in [3.05, 3.63) is 11.0 Å². The van der Waals surface area contributed by atoms with Crippen molar-refractivity contribution in [2.24, 2.45) is 5.92 Å². The zero-order chi connectivity index (χ0) is 13.1. The Morgan fingerprint density at radius 2 is 2.00 bits per heavy atom. The molecule has 1 aromatic rings. The van der Waals surface area contributed by atoms with E-state index >= 15 is 0 Å². The number of anilines is 2. The number of rotatable bonds is 3. The maximum absolute atomic E-state index is 9.45. The van der Waals surface area contributed by atoms with Crippen molar-refractivity contribution < 1.29 is 5.11 Å². The summed E-state index contributed by atoms with van der Waals surface area (Å²) in [6, 6.07) is 0. The van der Waals surface area contributed by atoms with Crippen molar-refractivity contribution in [3.63, 3.8) is 0 Å². The first-order valence-electron chi connectivity index (χ1n) is 6.28. The molecule has 0 amide bonds. The molecule has 1 aliphatic carbocycles. The molecule has 0 radical (unpaired) electrons. The van der Waals surface area contributed by atoms with Gasteiger partial charge in [-0.25, -0.2) is 4.98 Å². The quantitative estimate of drug-likeness (QED) is 0.732. The summed E-state index contributed by atoms with van der Waals surface area (Å²) in [7, 11) is 0. The highest BCUT2D eigenvalue weighted by Crippen LogP contribution is 2.26. The fourth-order valence-electron chi connectivity index (χ4n) is 2.27. The lowest BCUT2D eigenvalue weighted by Gasteiger charge is -2.25. The highest BCUT2D eigenvalue weighted by Gasteiger charge is 2.19. The van der Waals surface area contributed by atoms with Crippen LogP contribution >= 0.6 is 11.6 Å². The molecule has 0 spiro atoms. The van der Waals surface area contributed by atoms with E-state index in [0.29, 0.717) is 23.1 Å². The number of nitrogens with zero attached hydrogens (tertiary/aromatic N) is 2. The largest absolute Gasteiger partial charge is 0.394 e. The van der Waals surface area contributed by atoms with Gasteiger partial charge in [0.2, 0.25) is 5.28 Å². The van der Waals surface area contributed by atoms with Crippen LogP contribution in [0.2, 0.25) is 5.28 Å². The average molecular weight is 271 g/mol. The third kappa shape index (κ3) is 3.23. The van der Waals surface area contributed by atoms with Gasteiger partial charge < -0.3 is 16.2 Å². The molecule has 0 unspecified atom stereocenters. The van der Waals surface area contributed by atoms with Crippen molar-refractivity contribution in [1.29, 1.82) is 0 Å². The van der Waals surface area contributed by atoms with Gasteiger partial charge in [-0.3, -0.25) is 0 Å². The van der Waals surface area contributed by atoms with Gasteiger partial charge in [0.05, 0.1) is 17.5 Å². The van der Waals surface area contributed by atoms with Gasteiger partial charge in [-0.05, 0) is 50.1 Å². The number of halogens is 1. The van der Waals surface area contributed by atoms with Gasteiger partial charge >= 0.3 is 0 Å². The van der Waals surface area contributed by atoms with Gasteiger partial charge in [0.1, 0.15) is 0 Å². The standard InChI is InChI=1S/C12H19ClN4O/c1-7-10(14)11(17-12(13)16-7)15-6-8-2-4-9(18)5-3-8/h8-9,18H,2-6,14H2,1H3,(H,15,16,17). The fourth-order valence-corrected chi connectivity index (χ4v) is 2.48. The van der Waals surface area contributed by atoms with Gasteiger partial charge in [-0.1, -0.05) is 0 Å². The van der Waals surface area contributed by atoms with Crippen molar-refractivity contribution in [1.82, 2.24) is 9.97 Å². The molecular weight excluding hydrogens is 252 g/mol. The lowest BCUT2D eigenvalue weighted by atomic mass is 9.87. The Hall–Kier alpha value is -1.07. The Morgan fingerprint density at radius 1 is 1.33 bits per heavy atom. The number of aliphatic hydroxyl groups excluding tert-OH is 1. The molecule has 100 valence electrons. The molecule has 2 rings (SSSR count). The van der Waals surface area contributed by atoms with Crippen molar-refractivity contribution >= 4 is 23.1 Å². The van der Waals surface area contributed by atoms with Crippen molar-refractivity contribution in [3.8, 4) is 0 Å². The first-order chi connectivity index (χ1) is 8.56. The SMILES string of the molecule is Cc1nc(Cl)nc(NCC2CCC(O)CC2)c1N. The molecule has 0 aromatic carbocycles. The van der Waals surface area contributed by atoms with Crippen LogP contribution in [-0.4, -0.2) is 27.7 Å². The number of hydrogen-bond acceptors (Lipinski definition) is 5. The third-order valence-corrected chi connectivity index (χ3v) is 3.65. The minimum Gasteiger partial charge on any atom is -0.394 e. The Labute approximate surface area is 112 Å². The molecule has 1 aliphatic rings. The van der Waals surface area contributed by atoms with Crippen LogP contribution in [0.1, 0.15) is 31.4 Å². The maximum atomic E-state index is 9.45. The molecule has 1 heterocycles. The van der Waals surface area contributed by atoms with E-state index in [0.717, 1.165) is 32.2 Å². The maximum Gasteiger partial charge on any atom is 0.224 e. The molecule has 0 aliphatic heterocycles. The second-order valence-corrected chi connectivity index (χ2v) is 5.23. The van der Waals surface area contributed by atoms with E-state index in [1.807, 2.05) is 6.92 Å². The van der Waals surface area contributed by atoms with E-state index in [9.17, 15) is 5.11 Å². The van der Waals surface area contributed by atoms with E-state index in [-0.39, 0.29) is 11.4 Å². The van der Waals surface area contributed by atoms with E-state index in [2.05, 4.69) is 15.3 Å². The average Bonchev–Trinajstić information content (AvgIpc) is 2.34. The Morgan fingerprint density at radius 3 is 2.67 bits per heavy atom. The molecule has 0 atom stereocenters. The molecule has 0 saturated heterocycles. The predicted octanol–water partition coefficient (Wildman–Crippen LogP) is 1.98. The molecule has 1 saturated carbocycles. The summed E-state index contributed by atoms with van der Waals surface area (Å²) in [5.74, 6) is 1.17. The zero-order valence-electron chi connectivity index (χ0n) is 10.5. The fraction of sp³-hybridized carbons (Fsp3) is 0.667. The second-order valence-electron chi connectivity index (χ2n) is 4.90. The summed E-state index contributed by atoms with van der Waals surface area (Å²) in [4.78, 5) is 8.10. The summed E-state index contributed by atoms with van der Waals surface area (Å²) in [5, 5.41) is 12.9. The minimum absolute atomic E-state index is 0.123. The third-order valence-electron chi connectivity index (χ3n) is 3.48. The monoisotopic (exact) mass is 270 g/mol. The second kappa shape index (κ2) is 5.71. The van der Waals surface area contributed by atoms with Crippen LogP contribution in [0, 0.1) is 12.8 Å². The summed E-state index contributed by atoms with van der Waals surface area (Å²) in [5.41, 5.74) is 7.15. The number of nitrogens with one attached hydrogen (secondary N) is 1. The van der Waals surface area contributed by atoms with Gasteiger partial charge in [0.25, 0.3) is 0 Å². The van der Waals surface area contributed by atoms with Crippen molar-refractivity contribution in [2.75, 3.05) is 17.6 Å². The molecule has 1 aromatic heterocycles. The summed E-state index contributed by atoms with van der Waals surface area (Å²) >= 11 is 5.81. The highest BCUT2D eigenvalue weighted by molar-refractivity contribution is 6.28. The molecule has 0 bridgehead atoms. The van der Waals surface area contributed by atoms with E-state index in [4.69, 9.17) is 17.3 Å². The van der Waals surface area contributed by atoms with Crippen molar-refractivity contribution in [2.45, 2.75) is 38.7 Å². The van der Waals surface area contributed by atoms with Gasteiger partial charge in [-0.15, -0.1) is 0 Å². The number of nitrogens with two attached hydrogens (primary N) is 1. The number of nitrogen functional groups attached to an aromatic ring is 1. The lowest BCUT2D eigenvalue weighted by Crippen LogP contribution is -2.24. The summed E-state index contributed by atoms with van der Waals surface area (Å²) in [6.07, 6.45) is 3.70. The summed E-state index contributed by atoms with van der Waals surface area (Å²) in [6.45, 7) is 2.62. The number of aryl methyl sites for hydroxylation is 1.